The van der Waals surface area contributed by atoms with Gasteiger partial charge in [-0.15, -0.1) is 0 Å². The van der Waals surface area contributed by atoms with Gasteiger partial charge in [0.25, 0.3) is 5.91 Å². The second kappa shape index (κ2) is 7.86. The number of rotatable bonds is 5. The van der Waals surface area contributed by atoms with E-state index in [4.69, 9.17) is 16.3 Å². The van der Waals surface area contributed by atoms with Crippen LogP contribution in [0.1, 0.15) is 23.9 Å². The summed E-state index contributed by atoms with van der Waals surface area (Å²) in [7, 11) is 1.51. The van der Waals surface area contributed by atoms with Crippen LogP contribution in [-0.4, -0.2) is 22.8 Å². The minimum Gasteiger partial charge on any atom is -0.495 e. The highest BCUT2D eigenvalue weighted by molar-refractivity contribution is 6.32. The van der Waals surface area contributed by atoms with E-state index < -0.39 is 5.91 Å². The number of halogens is 1. The average Bonchev–Trinajstić information content (AvgIpc) is 2.86. The summed E-state index contributed by atoms with van der Waals surface area (Å²) in [6.45, 7) is 6.46. The van der Waals surface area contributed by atoms with E-state index in [0.717, 1.165) is 23.5 Å². The van der Waals surface area contributed by atoms with Crippen molar-refractivity contribution in [3.8, 4) is 11.8 Å². The molecule has 0 aliphatic heterocycles. The summed E-state index contributed by atoms with van der Waals surface area (Å²) < 4.78 is 6.90. The van der Waals surface area contributed by atoms with Crippen molar-refractivity contribution in [2.24, 2.45) is 0 Å². The predicted octanol–water partition coefficient (Wildman–Crippen LogP) is 3.73. The Morgan fingerprint density at radius 1 is 1.48 bits per heavy atom. The molecule has 1 amide bonds. The lowest BCUT2D eigenvalue weighted by Crippen LogP contribution is -2.13. The Morgan fingerprint density at radius 2 is 2.20 bits per heavy atom. The molecular formula is C18H19ClN4O2. The molecule has 1 heterocycles. The van der Waals surface area contributed by atoms with E-state index >= 15 is 0 Å². The Bertz CT molecular complexity index is 878. The zero-order chi connectivity index (χ0) is 18.6. The van der Waals surface area contributed by atoms with Crippen molar-refractivity contribution >= 4 is 29.3 Å². The van der Waals surface area contributed by atoms with Crippen LogP contribution in [-0.2, 0) is 11.3 Å². The molecule has 0 fully saturated rings. The minimum atomic E-state index is -0.508. The largest absolute Gasteiger partial charge is 0.495 e. The molecule has 1 N–H and O–H groups in total. The van der Waals surface area contributed by atoms with Crippen LogP contribution in [0.5, 0.6) is 5.75 Å². The van der Waals surface area contributed by atoms with Gasteiger partial charge in [0, 0.05) is 23.5 Å². The van der Waals surface area contributed by atoms with Crippen molar-refractivity contribution in [1.29, 1.82) is 5.26 Å². The van der Waals surface area contributed by atoms with E-state index in [0.29, 0.717) is 16.5 Å². The van der Waals surface area contributed by atoms with Crippen molar-refractivity contribution in [3.05, 3.63) is 45.7 Å². The minimum absolute atomic E-state index is 0.00575. The topological polar surface area (TPSA) is 79.9 Å². The third kappa shape index (κ3) is 4.01. The van der Waals surface area contributed by atoms with Crippen LogP contribution < -0.4 is 10.1 Å². The fourth-order valence-corrected chi connectivity index (χ4v) is 2.72. The number of aryl methyl sites for hydroxylation is 2. The van der Waals surface area contributed by atoms with Crippen molar-refractivity contribution in [3.63, 3.8) is 0 Å². The molecule has 25 heavy (non-hydrogen) atoms. The number of carbonyl (C=O) groups excluding carboxylic acids is 1. The highest BCUT2D eigenvalue weighted by Crippen LogP contribution is 2.27. The highest BCUT2D eigenvalue weighted by atomic mass is 35.5. The Morgan fingerprint density at radius 3 is 2.72 bits per heavy atom. The van der Waals surface area contributed by atoms with Gasteiger partial charge < -0.3 is 10.1 Å². The molecule has 7 heteroatoms. The lowest BCUT2D eigenvalue weighted by atomic mass is 10.1. The first-order valence-corrected chi connectivity index (χ1v) is 8.09. The Kier molecular flexibility index (Phi) is 5.84. The second-order valence-corrected chi connectivity index (χ2v) is 5.78. The van der Waals surface area contributed by atoms with E-state index in [2.05, 4.69) is 10.4 Å². The van der Waals surface area contributed by atoms with Crippen LogP contribution in [0.4, 0.5) is 5.69 Å². The smallest absolute Gasteiger partial charge is 0.266 e. The highest BCUT2D eigenvalue weighted by Gasteiger charge is 2.15. The molecule has 0 saturated carbocycles. The summed E-state index contributed by atoms with van der Waals surface area (Å²) in [5.74, 6) is 0.000672. The maximum Gasteiger partial charge on any atom is 0.266 e. The van der Waals surface area contributed by atoms with Gasteiger partial charge in [0.15, 0.2) is 0 Å². The number of aromatic nitrogens is 2. The molecule has 2 rings (SSSR count). The zero-order valence-corrected chi connectivity index (χ0v) is 15.3. The van der Waals surface area contributed by atoms with Gasteiger partial charge in [0.05, 0.1) is 17.8 Å². The summed E-state index contributed by atoms with van der Waals surface area (Å²) in [4.78, 5) is 12.4. The number of carbonyl (C=O) groups is 1. The van der Waals surface area contributed by atoms with E-state index in [1.54, 1.807) is 24.3 Å². The van der Waals surface area contributed by atoms with E-state index in [1.165, 1.54) is 7.11 Å². The third-order valence-corrected chi connectivity index (χ3v) is 4.10. The number of amides is 1. The van der Waals surface area contributed by atoms with E-state index in [1.807, 2.05) is 31.5 Å². The SMILES string of the molecule is CCn1nc(C)c(/C=C(/C#N)C(=O)Nc2ccc(OC)c(Cl)c2)c1C. The standard InChI is InChI=1S/C18H19ClN4O2/c1-5-23-12(3)15(11(2)22-23)8-13(10-20)18(24)21-14-6-7-17(25-4)16(19)9-14/h6-9H,5H2,1-4H3,(H,21,24)/b13-8-. The van der Waals surface area contributed by atoms with Crippen molar-refractivity contribution < 1.29 is 9.53 Å². The van der Waals surface area contributed by atoms with Crippen LogP contribution in [0.2, 0.25) is 5.02 Å². The van der Waals surface area contributed by atoms with Gasteiger partial charge in [0.2, 0.25) is 0 Å². The summed E-state index contributed by atoms with van der Waals surface area (Å²) in [6, 6.07) is 6.81. The molecule has 1 aromatic carbocycles. The Hall–Kier alpha value is -2.78. The molecule has 130 valence electrons. The second-order valence-electron chi connectivity index (χ2n) is 5.37. The first-order valence-electron chi connectivity index (χ1n) is 7.72. The number of methoxy groups -OCH3 is 1. The lowest BCUT2D eigenvalue weighted by Gasteiger charge is -2.07. The maximum absolute atomic E-state index is 12.4. The number of nitriles is 1. The zero-order valence-electron chi connectivity index (χ0n) is 14.6. The molecule has 0 aliphatic carbocycles. The van der Waals surface area contributed by atoms with Gasteiger partial charge >= 0.3 is 0 Å². The molecule has 0 atom stereocenters. The number of anilines is 1. The van der Waals surface area contributed by atoms with Gasteiger partial charge in [-0.3, -0.25) is 9.48 Å². The molecule has 0 unspecified atom stereocenters. The molecule has 0 saturated heterocycles. The third-order valence-electron chi connectivity index (χ3n) is 3.80. The summed E-state index contributed by atoms with van der Waals surface area (Å²) in [5, 5.41) is 16.8. The van der Waals surface area contributed by atoms with Crippen LogP contribution in [0.3, 0.4) is 0 Å². The maximum atomic E-state index is 12.4. The fourth-order valence-electron chi connectivity index (χ4n) is 2.46. The van der Waals surface area contributed by atoms with Crippen LogP contribution >= 0.6 is 11.6 Å². The first-order chi connectivity index (χ1) is 11.9. The van der Waals surface area contributed by atoms with Gasteiger partial charge in [-0.1, -0.05) is 11.6 Å². The summed E-state index contributed by atoms with van der Waals surface area (Å²) >= 11 is 6.05. The lowest BCUT2D eigenvalue weighted by molar-refractivity contribution is -0.112. The Balaban J connectivity index is 2.29. The summed E-state index contributed by atoms with van der Waals surface area (Å²) in [5.41, 5.74) is 2.94. The van der Waals surface area contributed by atoms with Crippen LogP contribution in [0, 0.1) is 25.2 Å². The van der Waals surface area contributed by atoms with Gasteiger partial charge in [0.1, 0.15) is 17.4 Å². The van der Waals surface area contributed by atoms with Crippen molar-refractivity contribution in [2.45, 2.75) is 27.3 Å². The fraction of sp³-hybridized carbons (Fsp3) is 0.278. The molecular weight excluding hydrogens is 340 g/mol. The summed E-state index contributed by atoms with van der Waals surface area (Å²) in [6.07, 6.45) is 1.56. The molecule has 1 aromatic heterocycles. The van der Waals surface area contributed by atoms with Gasteiger partial charge in [-0.25, -0.2) is 0 Å². The van der Waals surface area contributed by atoms with Crippen molar-refractivity contribution in [2.75, 3.05) is 12.4 Å². The normalized spacial score (nSPS) is 11.1. The first kappa shape index (κ1) is 18.6. The average molecular weight is 359 g/mol. The quantitative estimate of drug-likeness (QED) is 0.652. The van der Waals surface area contributed by atoms with Crippen LogP contribution in [0.25, 0.3) is 6.08 Å². The number of nitrogens with one attached hydrogen (secondary N) is 1. The Labute approximate surface area is 151 Å². The van der Waals surface area contributed by atoms with Gasteiger partial charge in [-0.2, -0.15) is 10.4 Å². The van der Waals surface area contributed by atoms with Gasteiger partial charge in [-0.05, 0) is 45.0 Å². The number of benzene rings is 1. The number of ether oxygens (including phenoxy) is 1. The van der Waals surface area contributed by atoms with E-state index in [-0.39, 0.29) is 5.57 Å². The number of hydrogen-bond acceptors (Lipinski definition) is 4. The number of nitrogens with zero attached hydrogens (tertiary/aromatic N) is 3. The molecule has 2 aromatic rings. The van der Waals surface area contributed by atoms with E-state index in [9.17, 15) is 10.1 Å². The molecule has 0 spiro atoms. The monoisotopic (exact) mass is 358 g/mol. The van der Waals surface area contributed by atoms with Crippen LogP contribution in [0.15, 0.2) is 23.8 Å². The molecule has 6 nitrogen and oxygen atoms in total. The molecule has 0 aliphatic rings. The van der Waals surface area contributed by atoms with Crippen molar-refractivity contribution in [1.82, 2.24) is 9.78 Å². The molecule has 0 bridgehead atoms. The number of hydrogen-bond donors (Lipinski definition) is 1. The predicted molar refractivity (Wildman–Crippen MR) is 97.6 cm³/mol. The molecule has 0 radical (unpaired) electrons.